The quantitative estimate of drug-likeness (QED) is 0.776. The van der Waals surface area contributed by atoms with Gasteiger partial charge in [0.25, 0.3) is 0 Å². The number of rotatable bonds is 6. The average Bonchev–Trinajstić information content (AvgIpc) is 2.61. The zero-order valence-electron chi connectivity index (χ0n) is 16.1. The maximum Gasteiger partial charge on any atom is 0.308 e. The first-order valence-corrected chi connectivity index (χ1v) is 10.0. The molecule has 0 heterocycles. The van der Waals surface area contributed by atoms with Crippen molar-refractivity contribution in [1.29, 1.82) is 0 Å². The number of hydrogen-bond acceptors (Lipinski definition) is 4. The van der Waals surface area contributed by atoms with Gasteiger partial charge in [0.05, 0.1) is 18.6 Å². The lowest BCUT2D eigenvalue weighted by Gasteiger charge is -2.37. The second-order valence-electron chi connectivity index (χ2n) is 8.11. The van der Waals surface area contributed by atoms with Gasteiger partial charge < -0.3 is 10.1 Å². The fraction of sp³-hybridized carbons (Fsp3) is 0.591. The Bertz CT molecular complexity index is 669. The van der Waals surface area contributed by atoms with E-state index in [1.54, 1.807) is 0 Å². The lowest BCUT2D eigenvalue weighted by Crippen LogP contribution is -2.43. The molecule has 0 radical (unpaired) electrons. The van der Waals surface area contributed by atoms with E-state index in [1.165, 1.54) is 0 Å². The largest absolute Gasteiger partial charge is 0.463 e. The number of fused-ring (bicyclic) bond motifs is 2. The summed E-state index contributed by atoms with van der Waals surface area (Å²) in [6, 6.07) is 9.10. The molecule has 5 nitrogen and oxygen atoms in total. The summed E-state index contributed by atoms with van der Waals surface area (Å²) in [5.41, 5.74) is 0.888. The standard InChI is InChI=1S/C22H29NO4/c1-14(2)27-20(24)13-19(15-7-4-3-5-8-15)23-22(26)18-11-16-9-6-10-17(12-18)21(16)25/h3-5,7-8,14,16-19H,6,9-13H2,1-2H3,(H,23,26). The lowest BCUT2D eigenvalue weighted by atomic mass is 9.67. The van der Waals surface area contributed by atoms with E-state index in [1.807, 2.05) is 44.2 Å². The highest BCUT2D eigenvalue weighted by Crippen LogP contribution is 2.40. The van der Waals surface area contributed by atoms with E-state index in [9.17, 15) is 14.4 Å². The van der Waals surface area contributed by atoms with Crippen LogP contribution >= 0.6 is 0 Å². The number of nitrogens with one attached hydrogen (secondary N) is 1. The molecule has 2 fully saturated rings. The maximum atomic E-state index is 12.9. The first-order valence-electron chi connectivity index (χ1n) is 10.0. The van der Waals surface area contributed by atoms with Crippen molar-refractivity contribution >= 4 is 17.7 Å². The van der Waals surface area contributed by atoms with Crippen LogP contribution in [0.4, 0.5) is 0 Å². The third-order valence-corrected chi connectivity index (χ3v) is 5.68. The topological polar surface area (TPSA) is 72.5 Å². The molecular formula is C22H29NO4. The Kier molecular flexibility index (Phi) is 6.30. The summed E-state index contributed by atoms with van der Waals surface area (Å²) >= 11 is 0. The highest BCUT2D eigenvalue weighted by atomic mass is 16.5. The van der Waals surface area contributed by atoms with Crippen molar-refractivity contribution in [3.05, 3.63) is 35.9 Å². The van der Waals surface area contributed by atoms with Crippen LogP contribution in [0.25, 0.3) is 0 Å². The van der Waals surface area contributed by atoms with E-state index in [0.717, 1.165) is 24.8 Å². The molecule has 2 aliphatic rings. The second-order valence-corrected chi connectivity index (χ2v) is 8.11. The van der Waals surface area contributed by atoms with E-state index in [0.29, 0.717) is 18.6 Å². The summed E-state index contributed by atoms with van der Waals surface area (Å²) in [6.07, 6.45) is 4.09. The number of carbonyl (C=O) groups excluding carboxylic acids is 3. The van der Waals surface area contributed by atoms with E-state index in [2.05, 4.69) is 5.32 Å². The van der Waals surface area contributed by atoms with Crippen LogP contribution in [-0.4, -0.2) is 23.8 Å². The van der Waals surface area contributed by atoms with Crippen LogP contribution in [0.1, 0.15) is 64.0 Å². The number of carbonyl (C=O) groups is 3. The van der Waals surface area contributed by atoms with Crippen molar-refractivity contribution < 1.29 is 19.1 Å². The van der Waals surface area contributed by atoms with Crippen molar-refractivity contribution in [3.8, 4) is 0 Å². The molecule has 0 saturated heterocycles. The minimum Gasteiger partial charge on any atom is -0.463 e. The van der Waals surface area contributed by atoms with Crippen molar-refractivity contribution in [3.63, 3.8) is 0 Å². The molecule has 1 N–H and O–H groups in total. The molecule has 3 unspecified atom stereocenters. The Hall–Kier alpha value is -2.17. The van der Waals surface area contributed by atoms with E-state index < -0.39 is 6.04 Å². The van der Waals surface area contributed by atoms with Gasteiger partial charge in [0, 0.05) is 17.8 Å². The van der Waals surface area contributed by atoms with Crippen molar-refractivity contribution in [1.82, 2.24) is 5.32 Å². The van der Waals surface area contributed by atoms with E-state index in [4.69, 9.17) is 4.74 Å². The fourth-order valence-electron chi connectivity index (χ4n) is 4.40. The predicted molar refractivity (Wildman–Crippen MR) is 102 cm³/mol. The second kappa shape index (κ2) is 8.68. The number of benzene rings is 1. The minimum atomic E-state index is -0.414. The first-order chi connectivity index (χ1) is 12.9. The number of amides is 1. The SMILES string of the molecule is CC(C)OC(=O)CC(NC(=O)C1CC2CCCC(C1)C2=O)c1ccccc1. The number of esters is 1. The van der Waals surface area contributed by atoms with Crippen LogP contribution in [0.5, 0.6) is 0 Å². The van der Waals surface area contributed by atoms with E-state index in [-0.39, 0.29) is 42.2 Å². The number of hydrogen-bond donors (Lipinski definition) is 1. The van der Waals surface area contributed by atoms with Crippen LogP contribution < -0.4 is 5.32 Å². The zero-order chi connectivity index (χ0) is 19.4. The fourth-order valence-corrected chi connectivity index (χ4v) is 4.40. The predicted octanol–water partition coefficient (Wildman–Crippen LogP) is 3.58. The average molecular weight is 371 g/mol. The summed E-state index contributed by atoms with van der Waals surface area (Å²) < 4.78 is 5.27. The summed E-state index contributed by atoms with van der Waals surface area (Å²) in [7, 11) is 0. The zero-order valence-corrected chi connectivity index (χ0v) is 16.1. The molecule has 1 amide bonds. The minimum absolute atomic E-state index is 0.0364. The Morgan fingerprint density at radius 3 is 2.33 bits per heavy atom. The molecule has 2 saturated carbocycles. The Morgan fingerprint density at radius 2 is 1.74 bits per heavy atom. The molecule has 2 bridgehead atoms. The summed E-state index contributed by atoms with van der Waals surface area (Å²) in [6.45, 7) is 3.62. The van der Waals surface area contributed by atoms with Gasteiger partial charge in [-0.25, -0.2) is 0 Å². The molecule has 146 valence electrons. The van der Waals surface area contributed by atoms with Gasteiger partial charge in [-0.3, -0.25) is 14.4 Å². The monoisotopic (exact) mass is 371 g/mol. The van der Waals surface area contributed by atoms with Gasteiger partial charge in [-0.15, -0.1) is 0 Å². The molecule has 3 atom stereocenters. The highest BCUT2D eigenvalue weighted by Gasteiger charge is 2.41. The Morgan fingerprint density at radius 1 is 1.11 bits per heavy atom. The molecule has 3 rings (SSSR count). The summed E-state index contributed by atoms with van der Waals surface area (Å²) in [5, 5.41) is 3.06. The van der Waals surface area contributed by atoms with Gasteiger partial charge in [0.1, 0.15) is 5.78 Å². The number of ether oxygens (including phenoxy) is 1. The van der Waals surface area contributed by atoms with Gasteiger partial charge in [0.15, 0.2) is 0 Å². The molecule has 0 aromatic heterocycles. The molecule has 5 heteroatoms. The van der Waals surface area contributed by atoms with Gasteiger partial charge in [-0.2, -0.15) is 0 Å². The normalized spacial score (nSPS) is 25.7. The van der Waals surface area contributed by atoms with Crippen LogP contribution in [0.15, 0.2) is 30.3 Å². The third-order valence-electron chi connectivity index (χ3n) is 5.68. The smallest absolute Gasteiger partial charge is 0.308 e. The van der Waals surface area contributed by atoms with Crippen molar-refractivity contribution in [2.24, 2.45) is 17.8 Å². The Labute approximate surface area is 160 Å². The van der Waals surface area contributed by atoms with E-state index >= 15 is 0 Å². The van der Waals surface area contributed by atoms with Gasteiger partial charge in [0.2, 0.25) is 5.91 Å². The molecule has 0 spiro atoms. The molecular weight excluding hydrogens is 342 g/mol. The molecule has 2 aliphatic carbocycles. The molecule has 1 aromatic carbocycles. The van der Waals surface area contributed by atoms with Crippen LogP contribution in [0.3, 0.4) is 0 Å². The molecule has 27 heavy (non-hydrogen) atoms. The maximum absolute atomic E-state index is 12.9. The third kappa shape index (κ3) is 4.96. The number of ketones is 1. The van der Waals surface area contributed by atoms with Crippen LogP contribution in [0, 0.1) is 17.8 Å². The van der Waals surface area contributed by atoms with Crippen molar-refractivity contribution in [2.75, 3.05) is 0 Å². The Balaban J connectivity index is 1.69. The lowest BCUT2D eigenvalue weighted by molar-refractivity contribution is -0.148. The molecule has 0 aliphatic heterocycles. The highest BCUT2D eigenvalue weighted by molar-refractivity contribution is 5.88. The summed E-state index contributed by atoms with van der Waals surface area (Å²) in [4.78, 5) is 37.4. The van der Waals surface area contributed by atoms with Crippen LogP contribution in [0.2, 0.25) is 0 Å². The van der Waals surface area contributed by atoms with Gasteiger partial charge in [-0.1, -0.05) is 36.8 Å². The first kappa shape index (κ1) is 19.6. The number of Topliss-reactive ketones (excluding diaryl/α,β-unsaturated/α-hetero) is 1. The molecule has 1 aromatic rings. The summed E-state index contributed by atoms with van der Waals surface area (Å²) in [5.74, 6) is -0.0974. The van der Waals surface area contributed by atoms with Gasteiger partial charge in [-0.05, 0) is 45.1 Å². The van der Waals surface area contributed by atoms with Gasteiger partial charge >= 0.3 is 5.97 Å². The van der Waals surface area contributed by atoms with Crippen molar-refractivity contribution in [2.45, 2.75) is 64.5 Å². The van der Waals surface area contributed by atoms with Crippen LogP contribution in [-0.2, 0) is 19.1 Å².